The lowest BCUT2D eigenvalue weighted by Gasteiger charge is -2.40. The number of rotatable bonds is 13. The van der Waals surface area contributed by atoms with E-state index in [1.165, 1.54) is 11.1 Å². The molecule has 2 heterocycles. The zero-order chi connectivity index (χ0) is 27.9. The van der Waals surface area contributed by atoms with Gasteiger partial charge in [0.2, 0.25) is 5.92 Å². The minimum atomic E-state index is -2.74. The summed E-state index contributed by atoms with van der Waals surface area (Å²) in [5, 5.41) is 6.61. The molecule has 1 aromatic heterocycles. The van der Waals surface area contributed by atoms with Gasteiger partial charge in [0.25, 0.3) is 0 Å². The molecule has 1 aliphatic rings. The van der Waals surface area contributed by atoms with Gasteiger partial charge in [-0.25, -0.2) is 13.8 Å². The molecule has 0 saturated carbocycles. The number of pyridine rings is 1. The third-order valence-electron chi connectivity index (χ3n) is 6.92. The zero-order valence-electron chi connectivity index (χ0n) is 23.3. The smallest absolute Gasteiger partial charge is 0.247 e. The summed E-state index contributed by atoms with van der Waals surface area (Å²) in [6.07, 6.45) is 10.4. The van der Waals surface area contributed by atoms with E-state index in [2.05, 4.69) is 65.4 Å². The van der Waals surface area contributed by atoms with Gasteiger partial charge in [0.15, 0.2) is 0 Å². The molecule has 2 atom stereocenters. The Morgan fingerprint density at radius 1 is 1.24 bits per heavy atom. The lowest BCUT2D eigenvalue weighted by molar-refractivity contribution is 0.00603. The van der Waals surface area contributed by atoms with Crippen LogP contribution in [0.2, 0.25) is 0 Å². The van der Waals surface area contributed by atoms with Crippen molar-refractivity contribution in [1.29, 1.82) is 0 Å². The summed E-state index contributed by atoms with van der Waals surface area (Å²) in [6, 6.07) is 10.2. The second-order valence-electron chi connectivity index (χ2n) is 10.3. The highest BCUT2D eigenvalue weighted by atomic mass is 19.3. The average molecular weight is 521 g/mol. The molecule has 1 aliphatic heterocycles. The van der Waals surface area contributed by atoms with Gasteiger partial charge in [0.05, 0.1) is 0 Å². The summed E-state index contributed by atoms with van der Waals surface area (Å²) in [5.41, 5.74) is 6.10. The van der Waals surface area contributed by atoms with Gasteiger partial charge in [-0.05, 0) is 86.9 Å². The maximum atomic E-state index is 13.5. The molecule has 6 heteroatoms. The van der Waals surface area contributed by atoms with Crippen molar-refractivity contribution in [2.75, 3.05) is 10.2 Å². The Hall–Kier alpha value is -3.41. The van der Waals surface area contributed by atoms with E-state index in [0.29, 0.717) is 5.70 Å². The van der Waals surface area contributed by atoms with Crippen molar-refractivity contribution in [1.82, 2.24) is 10.3 Å². The summed E-state index contributed by atoms with van der Waals surface area (Å²) in [6.45, 7) is 19.4. The summed E-state index contributed by atoms with van der Waals surface area (Å²) in [5.74, 6) is -1.25. The fourth-order valence-electron chi connectivity index (χ4n) is 5.24. The van der Waals surface area contributed by atoms with Crippen LogP contribution in [0.5, 0.6) is 0 Å². The van der Waals surface area contributed by atoms with E-state index in [1.54, 1.807) is 13.1 Å². The van der Waals surface area contributed by atoms with Crippen LogP contribution < -0.4 is 15.5 Å². The van der Waals surface area contributed by atoms with Crippen LogP contribution in [-0.2, 0) is 6.42 Å². The van der Waals surface area contributed by atoms with Crippen molar-refractivity contribution in [3.05, 3.63) is 90.9 Å². The van der Waals surface area contributed by atoms with Gasteiger partial charge >= 0.3 is 0 Å². The molecule has 0 aliphatic carbocycles. The van der Waals surface area contributed by atoms with Crippen LogP contribution >= 0.6 is 0 Å². The van der Waals surface area contributed by atoms with Crippen molar-refractivity contribution in [3.63, 3.8) is 0 Å². The molecule has 4 nitrogen and oxygen atoms in total. The van der Waals surface area contributed by atoms with Crippen molar-refractivity contribution in [2.45, 2.75) is 84.2 Å². The summed E-state index contributed by atoms with van der Waals surface area (Å²) >= 11 is 0. The van der Waals surface area contributed by atoms with Crippen LogP contribution in [0.25, 0.3) is 11.3 Å². The third kappa shape index (κ3) is 7.56. The predicted molar refractivity (Wildman–Crippen MR) is 158 cm³/mol. The van der Waals surface area contributed by atoms with E-state index in [0.717, 1.165) is 67.5 Å². The quantitative estimate of drug-likeness (QED) is 0.260. The van der Waals surface area contributed by atoms with Crippen molar-refractivity contribution >= 4 is 22.8 Å². The number of hydrogen-bond donors (Lipinski definition) is 2. The Balaban J connectivity index is 1.89. The summed E-state index contributed by atoms with van der Waals surface area (Å²) in [4.78, 5) is 6.82. The number of halogens is 2. The normalized spacial score (nSPS) is 16.4. The predicted octanol–water partition coefficient (Wildman–Crippen LogP) is 8.56. The van der Waals surface area contributed by atoms with Crippen LogP contribution in [0.4, 0.5) is 20.3 Å². The highest BCUT2D eigenvalue weighted by Crippen LogP contribution is 2.37. The van der Waals surface area contributed by atoms with Crippen molar-refractivity contribution in [3.8, 4) is 0 Å². The summed E-state index contributed by atoms with van der Waals surface area (Å²) in [7, 11) is 0. The number of nitrogens with one attached hydrogen (secondary N) is 2. The molecule has 0 radical (unpaired) electrons. The van der Waals surface area contributed by atoms with E-state index >= 15 is 0 Å². The number of aromatic nitrogens is 1. The first-order valence-corrected chi connectivity index (χ1v) is 13.5. The maximum Gasteiger partial charge on any atom is 0.247 e. The average Bonchev–Trinajstić information content (AvgIpc) is 2.85. The van der Waals surface area contributed by atoms with Crippen LogP contribution in [0, 0.1) is 0 Å². The Labute approximate surface area is 227 Å². The Kier molecular flexibility index (Phi) is 9.90. The minimum Gasteiger partial charge on any atom is -0.382 e. The zero-order valence-corrected chi connectivity index (χ0v) is 23.3. The number of allylic oxidation sites excluding steroid dienone is 3. The standard InChI is InChI=1S/C32H42F2N4/c1-8-11-25(10-3)28-17-18-35-31(20-28)37-24(6)38-29(12-9-2)16-15-26-13-14-27(19-30(26)38)23(5)36-22(4)21-32(7,33)34/h8,10,13-14,17-20,22,29,36H,1,5-6,9,11-12,15-16,21H2,2-4,7H3,(H,35,37)/b25-10+/t22-,29?/m1/s1. The molecular formula is C32H42F2N4. The number of benzene rings is 1. The first-order valence-electron chi connectivity index (χ1n) is 13.5. The van der Waals surface area contributed by atoms with Crippen LogP contribution in [0.15, 0.2) is 74.2 Å². The Bertz CT molecular complexity index is 1180. The van der Waals surface area contributed by atoms with Gasteiger partial charge in [0, 0.05) is 36.1 Å². The largest absolute Gasteiger partial charge is 0.382 e. The van der Waals surface area contributed by atoms with Crippen molar-refractivity contribution in [2.24, 2.45) is 0 Å². The number of nitrogens with zero attached hydrogens (tertiary/aromatic N) is 2. The molecule has 204 valence electrons. The van der Waals surface area contributed by atoms with Gasteiger partial charge in [-0.3, -0.25) is 0 Å². The van der Waals surface area contributed by atoms with E-state index in [4.69, 9.17) is 0 Å². The second-order valence-corrected chi connectivity index (χ2v) is 10.3. The first kappa shape index (κ1) is 29.2. The van der Waals surface area contributed by atoms with E-state index in [1.807, 2.05) is 31.2 Å². The SMILES string of the molecule is C=CC/C(=C\C)c1ccnc(NC(=C)N2c3cc(C(=C)N[C@H](C)CC(C)(F)F)ccc3CCC2CCC)c1. The topological polar surface area (TPSA) is 40.2 Å². The molecule has 2 aromatic rings. The van der Waals surface area contributed by atoms with Gasteiger partial charge < -0.3 is 15.5 Å². The number of aryl methyl sites for hydroxylation is 1. The maximum absolute atomic E-state index is 13.5. The molecule has 3 rings (SSSR count). The van der Waals surface area contributed by atoms with Crippen LogP contribution in [-0.4, -0.2) is 23.0 Å². The van der Waals surface area contributed by atoms with Crippen LogP contribution in [0.3, 0.4) is 0 Å². The molecule has 0 fully saturated rings. The highest BCUT2D eigenvalue weighted by Gasteiger charge is 2.29. The number of anilines is 2. The minimum absolute atomic E-state index is 0.254. The fourth-order valence-corrected chi connectivity index (χ4v) is 5.24. The Morgan fingerprint density at radius 2 is 2.00 bits per heavy atom. The van der Waals surface area contributed by atoms with E-state index in [-0.39, 0.29) is 12.5 Å². The van der Waals surface area contributed by atoms with Crippen LogP contribution in [0.1, 0.15) is 76.5 Å². The monoisotopic (exact) mass is 520 g/mol. The highest BCUT2D eigenvalue weighted by molar-refractivity contribution is 5.72. The molecule has 1 unspecified atom stereocenters. The Morgan fingerprint density at radius 3 is 2.66 bits per heavy atom. The number of hydrogen-bond acceptors (Lipinski definition) is 4. The molecule has 0 saturated heterocycles. The third-order valence-corrected chi connectivity index (χ3v) is 6.92. The van der Waals surface area contributed by atoms with E-state index in [9.17, 15) is 8.78 Å². The fraction of sp³-hybridized carbons (Fsp3) is 0.406. The molecular weight excluding hydrogens is 478 g/mol. The number of fused-ring (bicyclic) bond motifs is 1. The molecule has 0 spiro atoms. The lowest BCUT2D eigenvalue weighted by atomic mass is 9.91. The lowest BCUT2D eigenvalue weighted by Crippen LogP contribution is -2.40. The van der Waals surface area contributed by atoms with Gasteiger partial charge in [-0.2, -0.15) is 0 Å². The molecule has 0 bridgehead atoms. The molecule has 0 amide bonds. The molecule has 1 aromatic carbocycles. The summed E-state index contributed by atoms with van der Waals surface area (Å²) < 4.78 is 27.0. The second kappa shape index (κ2) is 12.9. The van der Waals surface area contributed by atoms with Crippen molar-refractivity contribution < 1.29 is 8.78 Å². The molecule has 2 N–H and O–H groups in total. The van der Waals surface area contributed by atoms with Gasteiger partial charge in [-0.15, -0.1) is 6.58 Å². The van der Waals surface area contributed by atoms with Gasteiger partial charge in [0.1, 0.15) is 11.6 Å². The van der Waals surface area contributed by atoms with Gasteiger partial charge in [-0.1, -0.05) is 50.8 Å². The molecule has 38 heavy (non-hydrogen) atoms. The number of alkyl halides is 2. The van der Waals surface area contributed by atoms with E-state index < -0.39 is 12.0 Å². The first-order chi connectivity index (χ1) is 18.1.